The Morgan fingerprint density at radius 3 is 2.27 bits per heavy atom. The summed E-state index contributed by atoms with van der Waals surface area (Å²) in [6.45, 7) is 3.36. The molecule has 0 aliphatic rings. The van der Waals surface area contributed by atoms with E-state index in [4.69, 9.17) is 15.2 Å². The molecular formula is C18H22FNO2. The van der Waals surface area contributed by atoms with Gasteiger partial charge in [-0.2, -0.15) is 0 Å². The van der Waals surface area contributed by atoms with Crippen molar-refractivity contribution in [2.75, 3.05) is 19.8 Å². The van der Waals surface area contributed by atoms with E-state index in [1.807, 2.05) is 37.3 Å². The lowest BCUT2D eigenvalue weighted by Crippen LogP contribution is -2.17. The average Bonchev–Trinajstić information content (AvgIpc) is 2.54. The third-order valence-corrected chi connectivity index (χ3v) is 3.50. The second kappa shape index (κ2) is 8.39. The molecule has 0 fully saturated rings. The monoisotopic (exact) mass is 303 g/mol. The van der Waals surface area contributed by atoms with Gasteiger partial charge in [-0.1, -0.05) is 30.3 Å². The molecule has 0 spiro atoms. The molecule has 0 aliphatic heterocycles. The highest BCUT2D eigenvalue weighted by molar-refractivity contribution is 5.39. The molecular weight excluding hydrogens is 281 g/mol. The van der Waals surface area contributed by atoms with Crippen LogP contribution in [0.5, 0.6) is 11.5 Å². The molecule has 1 atom stereocenters. The van der Waals surface area contributed by atoms with Gasteiger partial charge in [-0.15, -0.1) is 0 Å². The number of nitrogens with two attached hydrogens (primary N) is 1. The fourth-order valence-electron chi connectivity index (χ4n) is 2.36. The van der Waals surface area contributed by atoms with Crippen molar-refractivity contribution in [2.24, 2.45) is 5.73 Å². The Kier molecular flexibility index (Phi) is 6.22. The zero-order valence-corrected chi connectivity index (χ0v) is 12.8. The summed E-state index contributed by atoms with van der Waals surface area (Å²) >= 11 is 0. The number of para-hydroxylation sites is 2. The van der Waals surface area contributed by atoms with Gasteiger partial charge < -0.3 is 15.2 Å². The number of ether oxygens (including phenoxy) is 2. The molecule has 0 amide bonds. The van der Waals surface area contributed by atoms with E-state index in [0.717, 1.165) is 5.75 Å². The van der Waals surface area contributed by atoms with Crippen molar-refractivity contribution in [1.29, 1.82) is 0 Å². The van der Waals surface area contributed by atoms with Crippen LogP contribution in [-0.4, -0.2) is 19.8 Å². The Morgan fingerprint density at radius 2 is 1.64 bits per heavy atom. The standard InChI is InChI=1S/C18H22FNO2/c1-2-21-17-9-5-6-10-18(17)22-12-11-14(13-20)15-7-3-4-8-16(15)19/h3-10,14H,2,11-13,20H2,1H3. The summed E-state index contributed by atoms with van der Waals surface area (Å²) in [5, 5.41) is 0. The molecule has 2 aromatic rings. The van der Waals surface area contributed by atoms with E-state index in [-0.39, 0.29) is 11.7 Å². The predicted molar refractivity (Wildman–Crippen MR) is 85.9 cm³/mol. The maximum Gasteiger partial charge on any atom is 0.161 e. The summed E-state index contributed by atoms with van der Waals surface area (Å²) in [5.41, 5.74) is 6.43. The first kappa shape index (κ1) is 16.3. The quantitative estimate of drug-likeness (QED) is 0.808. The third kappa shape index (κ3) is 4.21. The number of benzene rings is 2. The molecule has 2 aromatic carbocycles. The van der Waals surface area contributed by atoms with E-state index < -0.39 is 0 Å². The van der Waals surface area contributed by atoms with E-state index in [1.165, 1.54) is 6.07 Å². The summed E-state index contributed by atoms with van der Waals surface area (Å²) in [6, 6.07) is 14.3. The maximum atomic E-state index is 13.8. The molecule has 4 heteroatoms. The van der Waals surface area contributed by atoms with Crippen molar-refractivity contribution in [3.05, 3.63) is 59.9 Å². The van der Waals surface area contributed by atoms with Crippen molar-refractivity contribution in [3.63, 3.8) is 0 Å². The van der Waals surface area contributed by atoms with Crippen LogP contribution in [0.25, 0.3) is 0 Å². The van der Waals surface area contributed by atoms with Crippen LogP contribution in [0, 0.1) is 5.82 Å². The molecule has 1 unspecified atom stereocenters. The lowest BCUT2D eigenvalue weighted by Gasteiger charge is -2.17. The van der Waals surface area contributed by atoms with Crippen LogP contribution in [0.2, 0.25) is 0 Å². The second-order valence-corrected chi connectivity index (χ2v) is 4.97. The first-order chi connectivity index (χ1) is 10.8. The molecule has 0 saturated carbocycles. The zero-order valence-electron chi connectivity index (χ0n) is 12.8. The van der Waals surface area contributed by atoms with Gasteiger partial charge >= 0.3 is 0 Å². The summed E-state index contributed by atoms with van der Waals surface area (Å²) in [7, 11) is 0. The van der Waals surface area contributed by atoms with E-state index in [2.05, 4.69) is 0 Å². The fourth-order valence-corrected chi connectivity index (χ4v) is 2.36. The van der Waals surface area contributed by atoms with Crippen LogP contribution < -0.4 is 15.2 Å². The largest absolute Gasteiger partial charge is 0.490 e. The highest BCUT2D eigenvalue weighted by Gasteiger charge is 2.14. The lowest BCUT2D eigenvalue weighted by molar-refractivity contribution is 0.266. The van der Waals surface area contributed by atoms with Crippen molar-refractivity contribution in [2.45, 2.75) is 19.3 Å². The molecule has 2 rings (SSSR count). The first-order valence-corrected chi connectivity index (χ1v) is 7.55. The Morgan fingerprint density at radius 1 is 1.00 bits per heavy atom. The summed E-state index contributed by atoms with van der Waals surface area (Å²) in [4.78, 5) is 0. The molecule has 2 N–H and O–H groups in total. The van der Waals surface area contributed by atoms with Crippen molar-refractivity contribution in [1.82, 2.24) is 0 Å². The minimum Gasteiger partial charge on any atom is -0.490 e. The van der Waals surface area contributed by atoms with Crippen LogP contribution in [0.15, 0.2) is 48.5 Å². The number of halogens is 1. The topological polar surface area (TPSA) is 44.5 Å². The fraction of sp³-hybridized carbons (Fsp3) is 0.333. The number of rotatable bonds is 8. The smallest absolute Gasteiger partial charge is 0.161 e. The minimum absolute atomic E-state index is 0.0551. The molecule has 118 valence electrons. The van der Waals surface area contributed by atoms with Crippen molar-refractivity contribution in [3.8, 4) is 11.5 Å². The van der Waals surface area contributed by atoms with Gasteiger partial charge in [0.1, 0.15) is 5.82 Å². The molecule has 22 heavy (non-hydrogen) atoms. The van der Waals surface area contributed by atoms with Gasteiger partial charge in [0.15, 0.2) is 11.5 Å². The Bertz CT molecular complexity index is 589. The minimum atomic E-state index is -0.215. The van der Waals surface area contributed by atoms with Gasteiger partial charge in [-0.3, -0.25) is 0 Å². The summed E-state index contributed by atoms with van der Waals surface area (Å²) < 4.78 is 25.1. The van der Waals surface area contributed by atoms with Crippen LogP contribution >= 0.6 is 0 Å². The second-order valence-electron chi connectivity index (χ2n) is 4.97. The zero-order chi connectivity index (χ0) is 15.8. The van der Waals surface area contributed by atoms with E-state index in [1.54, 1.807) is 12.1 Å². The van der Waals surface area contributed by atoms with Gasteiger partial charge in [-0.05, 0) is 43.7 Å². The molecule has 0 aromatic heterocycles. The highest BCUT2D eigenvalue weighted by atomic mass is 19.1. The summed E-state index contributed by atoms with van der Waals surface area (Å²) in [6.07, 6.45) is 0.651. The maximum absolute atomic E-state index is 13.8. The van der Waals surface area contributed by atoms with Crippen molar-refractivity contribution >= 4 is 0 Å². The highest BCUT2D eigenvalue weighted by Crippen LogP contribution is 2.28. The van der Waals surface area contributed by atoms with Gasteiger partial charge in [0, 0.05) is 5.92 Å². The lowest BCUT2D eigenvalue weighted by atomic mass is 9.96. The molecule has 3 nitrogen and oxygen atoms in total. The molecule has 0 saturated heterocycles. The van der Waals surface area contributed by atoms with Crippen molar-refractivity contribution < 1.29 is 13.9 Å². The van der Waals surface area contributed by atoms with Gasteiger partial charge in [0.25, 0.3) is 0 Å². The molecule has 0 heterocycles. The third-order valence-electron chi connectivity index (χ3n) is 3.50. The first-order valence-electron chi connectivity index (χ1n) is 7.55. The predicted octanol–water partition coefficient (Wildman–Crippen LogP) is 3.74. The van der Waals surface area contributed by atoms with E-state index in [9.17, 15) is 4.39 Å². The van der Waals surface area contributed by atoms with Crippen LogP contribution in [0.4, 0.5) is 4.39 Å². The number of hydrogen-bond donors (Lipinski definition) is 1. The Balaban J connectivity index is 1.96. The van der Waals surface area contributed by atoms with Crippen LogP contribution in [-0.2, 0) is 0 Å². The summed E-state index contributed by atoms with van der Waals surface area (Å²) in [5.74, 6) is 1.15. The average molecular weight is 303 g/mol. The van der Waals surface area contributed by atoms with Gasteiger partial charge in [-0.25, -0.2) is 4.39 Å². The Labute approximate surface area is 130 Å². The van der Waals surface area contributed by atoms with Crippen LogP contribution in [0.1, 0.15) is 24.8 Å². The molecule has 0 bridgehead atoms. The molecule has 0 radical (unpaired) electrons. The van der Waals surface area contributed by atoms with E-state index in [0.29, 0.717) is 37.5 Å². The Hall–Kier alpha value is -2.07. The van der Waals surface area contributed by atoms with E-state index >= 15 is 0 Å². The molecule has 0 aliphatic carbocycles. The SMILES string of the molecule is CCOc1ccccc1OCCC(CN)c1ccccc1F. The van der Waals surface area contributed by atoms with Gasteiger partial charge in [0.05, 0.1) is 13.2 Å². The number of hydrogen-bond acceptors (Lipinski definition) is 3. The van der Waals surface area contributed by atoms with Crippen LogP contribution in [0.3, 0.4) is 0 Å². The van der Waals surface area contributed by atoms with Gasteiger partial charge in [0.2, 0.25) is 0 Å². The normalized spacial score (nSPS) is 12.0.